The van der Waals surface area contributed by atoms with Crippen LogP contribution in [-0.4, -0.2) is 6.10 Å². The first-order valence-corrected chi connectivity index (χ1v) is 7.04. The summed E-state index contributed by atoms with van der Waals surface area (Å²) in [5.74, 6) is 0.975. The molecular weight excluding hydrogens is 222 g/mol. The fraction of sp³-hybridized carbons (Fsp3) is 0.500. The van der Waals surface area contributed by atoms with Gasteiger partial charge in [0.15, 0.2) is 0 Å². The summed E-state index contributed by atoms with van der Waals surface area (Å²) < 4.78 is 6.03. The first kappa shape index (κ1) is 11.8. The van der Waals surface area contributed by atoms with Crippen LogP contribution in [0.4, 0.5) is 0 Å². The molecule has 0 bridgehead atoms. The summed E-state index contributed by atoms with van der Waals surface area (Å²) in [5.41, 5.74) is 8.87. The average Bonchev–Trinajstić information content (AvgIpc) is 2.41. The van der Waals surface area contributed by atoms with E-state index >= 15 is 0 Å². The summed E-state index contributed by atoms with van der Waals surface area (Å²) in [6.07, 6.45) is 11.7. The van der Waals surface area contributed by atoms with Crippen molar-refractivity contribution in [3.05, 3.63) is 41.5 Å². The lowest BCUT2D eigenvalue weighted by Gasteiger charge is -2.24. The molecule has 0 heterocycles. The van der Waals surface area contributed by atoms with Gasteiger partial charge in [0.2, 0.25) is 0 Å². The highest BCUT2D eigenvalue weighted by molar-refractivity contribution is 5.39. The van der Waals surface area contributed by atoms with Gasteiger partial charge in [0.05, 0.1) is 0 Å². The molecule has 0 saturated carbocycles. The van der Waals surface area contributed by atoms with Gasteiger partial charge in [0.1, 0.15) is 11.9 Å². The monoisotopic (exact) mass is 243 g/mol. The number of allylic oxidation sites excluding steroid dienone is 1. The second-order valence-electron chi connectivity index (χ2n) is 5.37. The van der Waals surface area contributed by atoms with Crippen molar-refractivity contribution in [2.75, 3.05) is 0 Å². The predicted octanol–water partition coefficient (Wildman–Crippen LogP) is 3.51. The van der Waals surface area contributed by atoms with Crippen LogP contribution < -0.4 is 10.5 Å². The van der Waals surface area contributed by atoms with Crippen LogP contribution in [0.15, 0.2) is 30.4 Å². The van der Waals surface area contributed by atoms with E-state index in [0.29, 0.717) is 0 Å². The summed E-state index contributed by atoms with van der Waals surface area (Å²) in [7, 11) is 0. The minimum absolute atomic E-state index is 0.194. The number of aryl methyl sites for hydroxylation is 1. The summed E-state index contributed by atoms with van der Waals surface area (Å²) in [6, 6.07) is 6.64. The predicted molar refractivity (Wildman–Crippen MR) is 73.7 cm³/mol. The Hall–Kier alpha value is -1.28. The maximum atomic E-state index is 6.18. The van der Waals surface area contributed by atoms with Gasteiger partial charge in [-0.3, -0.25) is 0 Å². The Balaban J connectivity index is 1.78. The van der Waals surface area contributed by atoms with Crippen molar-refractivity contribution < 1.29 is 4.74 Å². The zero-order chi connectivity index (χ0) is 12.4. The number of nitrogens with two attached hydrogens (primary N) is 1. The van der Waals surface area contributed by atoms with Crippen LogP contribution in [0, 0.1) is 0 Å². The van der Waals surface area contributed by atoms with E-state index in [1.807, 2.05) is 0 Å². The van der Waals surface area contributed by atoms with Crippen LogP contribution in [0.1, 0.15) is 49.3 Å². The third-order valence-corrected chi connectivity index (χ3v) is 3.98. The molecule has 1 aromatic rings. The maximum Gasteiger partial charge on any atom is 0.120 e. The van der Waals surface area contributed by atoms with Crippen molar-refractivity contribution in [2.45, 2.75) is 50.7 Å². The molecule has 2 N–H and O–H groups in total. The lowest BCUT2D eigenvalue weighted by Crippen LogP contribution is -2.19. The molecule has 2 nitrogen and oxygen atoms in total. The molecular formula is C16H21NO. The number of rotatable bonds is 2. The van der Waals surface area contributed by atoms with Gasteiger partial charge in [0.25, 0.3) is 0 Å². The summed E-state index contributed by atoms with van der Waals surface area (Å²) in [5, 5.41) is 0. The van der Waals surface area contributed by atoms with E-state index in [0.717, 1.165) is 25.0 Å². The van der Waals surface area contributed by atoms with E-state index in [4.69, 9.17) is 10.5 Å². The highest BCUT2D eigenvalue weighted by Crippen LogP contribution is 2.31. The minimum atomic E-state index is 0.194. The summed E-state index contributed by atoms with van der Waals surface area (Å²) in [6.45, 7) is 0. The first-order valence-electron chi connectivity index (χ1n) is 7.04. The van der Waals surface area contributed by atoms with Gasteiger partial charge in [-0.25, -0.2) is 0 Å². The molecule has 2 unspecified atom stereocenters. The van der Waals surface area contributed by atoms with Gasteiger partial charge in [-0.05, 0) is 67.9 Å². The maximum absolute atomic E-state index is 6.18. The highest BCUT2D eigenvalue weighted by atomic mass is 16.5. The van der Waals surface area contributed by atoms with Gasteiger partial charge in [-0.1, -0.05) is 12.1 Å². The Morgan fingerprint density at radius 1 is 1.17 bits per heavy atom. The van der Waals surface area contributed by atoms with E-state index in [1.165, 1.54) is 30.4 Å². The lowest BCUT2D eigenvalue weighted by atomic mass is 9.88. The molecule has 0 amide bonds. The van der Waals surface area contributed by atoms with Gasteiger partial charge < -0.3 is 10.5 Å². The second kappa shape index (κ2) is 5.15. The normalized spacial score (nSPS) is 26.7. The molecule has 0 aromatic heterocycles. The van der Waals surface area contributed by atoms with E-state index < -0.39 is 0 Å². The number of fused-ring (bicyclic) bond motifs is 1. The third kappa shape index (κ3) is 2.44. The van der Waals surface area contributed by atoms with Crippen molar-refractivity contribution >= 4 is 0 Å². The van der Waals surface area contributed by atoms with E-state index in [9.17, 15) is 0 Å². The molecule has 2 aliphatic carbocycles. The molecule has 0 saturated heterocycles. The number of benzene rings is 1. The van der Waals surface area contributed by atoms with Crippen molar-refractivity contribution in [1.29, 1.82) is 0 Å². The Morgan fingerprint density at radius 2 is 2.11 bits per heavy atom. The Morgan fingerprint density at radius 3 is 2.94 bits per heavy atom. The fourth-order valence-corrected chi connectivity index (χ4v) is 2.94. The lowest BCUT2D eigenvalue weighted by molar-refractivity contribution is 0.229. The number of hydrogen-bond acceptors (Lipinski definition) is 2. The van der Waals surface area contributed by atoms with Gasteiger partial charge >= 0.3 is 0 Å². The van der Waals surface area contributed by atoms with Crippen molar-refractivity contribution in [3.63, 3.8) is 0 Å². The molecule has 0 spiro atoms. The molecule has 2 atom stereocenters. The van der Waals surface area contributed by atoms with Crippen molar-refractivity contribution in [3.8, 4) is 5.75 Å². The molecule has 18 heavy (non-hydrogen) atoms. The van der Waals surface area contributed by atoms with Gasteiger partial charge in [-0.15, -0.1) is 0 Å². The molecule has 3 rings (SSSR count). The Bertz CT molecular complexity index is 452. The molecule has 0 fully saturated rings. The zero-order valence-electron chi connectivity index (χ0n) is 10.8. The van der Waals surface area contributed by atoms with Gasteiger partial charge in [0, 0.05) is 6.04 Å². The summed E-state index contributed by atoms with van der Waals surface area (Å²) >= 11 is 0. The van der Waals surface area contributed by atoms with Crippen molar-refractivity contribution in [2.24, 2.45) is 5.73 Å². The van der Waals surface area contributed by atoms with E-state index in [1.54, 1.807) is 0 Å². The average molecular weight is 243 g/mol. The Labute approximate surface area is 109 Å². The third-order valence-electron chi connectivity index (χ3n) is 3.98. The van der Waals surface area contributed by atoms with E-state index in [-0.39, 0.29) is 12.1 Å². The van der Waals surface area contributed by atoms with Gasteiger partial charge in [-0.2, -0.15) is 0 Å². The fourth-order valence-electron chi connectivity index (χ4n) is 2.94. The molecule has 0 radical (unpaired) electrons. The van der Waals surface area contributed by atoms with Crippen LogP contribution in [-0.2, 0) is 6.42 Å². The van der Waals surface area contributed by atoms with Crippen LogP contribution >= 0.6 is 0 Å². The topological polar surface area (TPSA) is 35.2 Å². The number of hydrogen-bond donors (Lipinski definition) is 1. The van der Waals surface area contributed by atoms with E-state index in [2.05, 4.69) is 30.4 Å². The van der Waals surface area contributed by atoms with Crippen LogP contribution in [0.2, 0.25) is 0 Å². The molecule has 96 valence electrons. The summed E-state index contributed by atoms with van der Waals surface area (Å²) in [4.78, 5) is 0. The molecule has 0 aliphatic heterocycles. The molecule has 2 aliphatic rings. The first-order chi connectivity index (χ1) is 8.83. The quantitative estimate of drug-likeness (QED) is 0.807. The Kier molecular flexibility index (Phi) is 3.37. The van der Waals surface area contributed by atoms with Crippen LogP contribution in [0.3, 0.4) is 0 Å². The SMILES string of the molecule is NC1CCCc2ccc(OC3C=CCCC3)cc21. The van der Waals surface area contributed by atoms with Crippen LogP contribution in [0.25, 0.3) is 0 Å². The number of ether oxygens (including phenoxy) is 1. The minimum Gasteiger partial charge on any atom is -0.486 e. The largest absolute Gasteiger partial charge is 0.486 e. The molecule has 1 aromatic carbocycles. The second-order valence-corrected chi connectivity index (χ2v) is 5.37. The smallest absolute Gasteiger partial charge is 0.120 e. The highest BCUT2D eigenvalue weighted by Gasteiger charge is 2.18. The standard InChI is InChI=1S/C16H21NO/c17-16-8-4-5-12-9-10-14(11-15(12)16)18-13-6-2-1-3-7-13/h2,6,9-11,13,16H,1,3-5,7-8,17H2. The van der Waals surface area contributed by atoms with Crippen LogP contribution in [0.5, 0.6) is 5.75 Å². The van der Waals surface area contributed by atoms with Crippen molar-refractivity contribution in [1.82, 2.24) is 0 Å². The zero-order valence-corrected chi connectivity index (χ0v) is 10.8. The molecule has 2 heteroatoms.